The molecule has 0 bridgehead atoms. The number of hydrogen-bond donors (Lipinski definition) is 1. The van der Waals surface area contributed by atoms with Crippen LogP contribution in [0.25, 0.3) is 5.69 Å². The first-order valence-corrected chi connectivity index (χ1v) is 8.86. The van der Waals surface area contributed by atoms with Gasteiger partial charge < -0.3 is 15.0 Å². The van der Waals surface area contributed by atoms with E-state index in [1.54, 1.807) is 24.1 Å². The highest BCUT2D eigenvalue weighted by Gasteiger charge is 2.16. The summed E-state index contributed by atoms with van der Waals surface area (Å²) in [6.45, 7) is 6.10. The summed E-state index contributed by atoms with van der Waals surface area (Å²) >= 11 is 0. The van der Waals surface area contributed by atoms with Crippen molar-refractivity contribution in [3.05, 3.63) is 42.2 Å². The van der Waals surface area contributed by atoms with Gasteiger partial charge in [-0.3, -0.25) is 4.79 Å². The molecule has 1 aliphatic rings. The minimum atomic E-state index is -0.127. The fraction of sp³-hybridized carbons (Fsp3) is 0.474. The van der Waals surface area contributed by atoms with Gasteiger partial charge in [0, 0.05) is 25.8 Å². The molecule has 0 saturated carbocycles. The zero-order valence-corrected chi connectivity index (χ0v) is 14.9. The Morgan fingerprint density at radius 2 is 2.12 bits per heavy atom. The van der Waals surface area contributed by atoms with Gasteiger partial charge in [0.25, 0.3) is 5.91 Å². The normalized spacial score (nSPS) is 18.1. The number of nitrogens with one attached hydrogen (secondary N) is 1. The van der Waals surface area contributed by atoms with E-state index in [1.165, 1.54) is 12.8 Å². The molecule has 134 valence electrons. The molecule has 0 radical (unpaired) electrons. The Morgan fingerprint density at radius 3 is 2.84 bits per heavy atom. The Morgan fingerprint density at radius 1 is 1.32 bits per heavy atom. The summed E-state index contributed by atoms with van der Waals surface area (Å²) in [6.07, 6.45) is 4.36. The maximum Gasteiger partial charge on any atom is 0.271 e. The molecule has 1 atom stereocenters. The fourth-order valence-electron chi connectivity index (χ4n) is 3.23. The highest BCUT2D eigenvalue weighted by molar-refractivity contribution is 5.92. The number of carbonyl (C=O) groups excluding carboxylic acids is 1. The predicted molar refractivity (Wildman–Crippen MR) is 97.3 cm³/mol. The van der Waals surface area contributed by atoms with Gasteiger partial charge in [-0.2, -0.15) is 5.10 Å². The zero-order valence-electron chi connectivity index (χ0n) is 14.9. The minimum Gasteiger partial charge on any atom is -0.497 e. The van der Waals surface area contributed by atoms with Crippen molar-refractivity contribution in [3.63, 3.8) is 0 Å². The smallest absolute Gasteiger partial charge is 0.271 e. The fourth-order valence-corrected chi connectivity index (χ4v) is 3.23. The van der Waals surface area contributed by atoms with Gasteiger partial charge in [-0.05, 0) is 55.6 Å². The molecule has 25 heavy (non-hydrogen) atoms. The quantitative estimate of drug-likeness (QED) is 0.875. The molecule has 1 saturated heterocycles. The summed E-state index contributed by atoms with van der Waals surface area (Å²) in [7, 11) is 1.63. The van der Waals surface area contributed by atoms with Crippen molar-refractivity contribution in [3.8, 4) is 11.4 Å². The van der Waals surface area contributed by atoms with Crippen molar-refractivity contribution in [2.24, 2.45) is 5.92 Å². The van der Waals surface area contributed by atoms with E-state index < -0.39 is 0 Å². The van der Waals surface area contributed by atoms with Crippen molar-refractivity contribution in [1.82, 2.24) is 20.0 Å². The van der Waals surface area contributed by atoms with E-state index in [0.717, 1.165) is 37.0 Å². The van der Waals surface area contributed by atoms with Crippen LogP contribution in [0.4, 0.5) is 0 Å². The molecule has 3 rings (SSSR count). The number of likely N-dealkylation sites (tertiary alicyclic amines) is 1. The molecule has 2 aromatic rings. The molecule has 1 fully saturated rings. The summed E-state index contributed by atoms with van der Waals surface area (Å²) in [5.74, 6) is 1.42. The number of amides is 1. The molecular formula is C19H26N4O2. The third kappa shape index (κ3) is 4.60. The van der Waals surface area contributed by atoms with Gasteiger partial charge >= 0.3 is 0 Å². The van der Waals surface area contributed by atoms with E-state index in [9.17, 15) is 4.79 Å². The zero-order chi connectivity index (χ0) is 17.6. The Labute approximate surface area is 148 Å². The molecule has 6 nitrogen and oxygen atoms in total. The van der Waals surface area contributed by atoms with Crippen molar-refractivity contribution in [2.45, 2.75) is 19.8 Å². The lowest BCUT2D eigenvalue weighted by atomic mass is 10.0. The SMILES string of the molecule is COc1ccc(-n2ccc(C(=O)NCCN3CCC[C@@H](C)C3)n2)cc1. The lowest BCUT2D eigenvalue weighted by molar-refractivity contribution is 0.0938. The maximum absolute atomic E-state index is 12.3. The van der Waals surface area contributed by atoms with Crippen LogP contribution >= 0.6 is 0 Å². The molecule has 0 unspecified atom stereocenters. The lowest BCUT2D eigenvalue weighted by Crippen LogP contribution is -2.40. The molecule has 2 heterocycles. The van der Waals surface area contributed by atoms with Crippen LogP contribution in [-0.2, 0) is 0 Å². The number of methoxy groups -OCH3 is 1. The van der Waals surface area contributed by atoms with Crippen molar-refractivity contribution in [1.29, 1.82) is 0 Å². The molecule has 0 aliphatic carbocycles. The monoisotopic (exact) mass is 342 g/mol. The highest BCUT2D eigenvalue weighted by Crippen LogP contribution is 2.15. The van der Waals surface area contributed by atoms with Gasteiger partial charge in [0.2, 0.25) is 0 Å². The van der Waals surface area contributed by atoms with Crippen LogP contribution in [0.2, 0.25) is 0 Å². The van der Waals surface area contributed by atoms with E-state index in [0.29, 0.717) is 12.2 Å². The molecule has 1 N–H and O–H groups in total. The Balaban J connectivity index is 1.51. The summed E-state index contributed by atoms with van der Waals surface area (Å²) in [5.41, 5.74) is 1.32. The molecule has 1 aromatic heterocycles. The second-order valence-electron chi connectivity index (χ2n) is 6.65. The molecule has 1 aromatic carbocycles. The Kier molecular flexibility index (Phi) is 5.71. The van der Waals surface area contributed by atoms with Crippen LogP contribution in [0, 0.1) is 5.92 Å². The average molecular weight is 342 g/mol. The first-order chi connectivity index (χ1) is 12.2. The molecule has 1 aliphatic heterocycles. The second kappa shape index (κ2) is 8.16. The number of piperidine rings is 1. The van der Waals surface area contributed by atoms with Gasteiger partial charge in [0.05, 0.1) is 12.8 Å². The number of rotatable bonds is 6. The third-order valence-electron chi connectivity index (χ3n) is 4.61. The van der Waals surface area contributed by atoms with Gasteiger partial charge in [-0.15, -0.1) is 0 Å². The van der Waals surface area contributed by atoms with E-state index in [2.05, 4.69) is 22.2 Å². The number of ether oxygens (including phenoxy) is 1. The molecular weight excluding hydrogens is 316 g/mol. The van der Waals surface area contributed by atoms with E-state index >= 15 is 0 Å². The standard InChI is InChI=1S/C19H26N4O2/c1-15-4-3-11-22(14-15)13-10-20-19(24)18-9-12-23(21-18)16-5-7-17(25-2)8-6-16/h5-9,12,15H,3-4,10-11,13-14H2,1-2H3,(H,20,24)/t15-/m1/s1. The van der Waals surface area contributed by atoms with Gasteiger partial charge in [-0.25, -0.2) is 4.68 Å². The average Bonchev–Trinajstić information content (AvgIpc) is 3.12. The Hall–Kier alpha value is -2.34. The van der Waals surface area contributed by atoms with Gasteiger partial charge in [0.1, 0.15) is 5.75 Å². The molecule has 6 heteroatoms. The third-order valence-corrected chi connectivity index (χ3v) is 4.61. The minimum absolute atomic E-state index is 0.127. The summed E-state index contributed by atoms with van der Waals surface area (Å²) in [6, 6.07) is 9.30. The first kappa shape index (κ1) is 17.5. The topological polar surface area (TPSA) is 59.4 Å². The predicted octanol–water partition coefficient (Wildman–Crippen LogP) is 2.34. The van der Waals surface area contributed by atoms with Crippen LogP contribution in [0.15, 0.2) is 36.5 Å². The van der Waals surface area contributed by atoms with E-state index in [-0.39, 0.29) is 5.91 Å². The van der Waals surface area contributed by atoms with Crippen molar-refractivity contribution < 1.29 is 9.53 Å². The number of carbonyl (C=O) groups is 1. The molecule has 1 amide bonds. The number of aromatic nitrogens is 2. The van der Waals surface area contributed by atoms with Crippen LogP contribution in [-0.4, -0.2) is 53.9 Å². The summed E-state index contributed by atoms with van der Waals surface area (Å²) in [5, 5.41) is 7.33. The number of benzene rings is 1. The number of nitrogens with zero attached hydrogens (tertiary/aromatic N) is 3. The van der Waals surface area contributed by atoms with Crippen molar-refractivity contribution >= 4 is 5.91 Å². The van der Waals surface area contributed by atoms with E-state index in [4.69, 9.17) is 4.74 Å². The van der Waals surface area contributed by atoms with Crippen LogP contribution in [0.5, 0.6) is 5.75 Å². The Bertz CT molecular complexity index is 696. The van der Waals surface area contributed by atoms with Gasteiger partial charge in [-0.1, -0.05) is 6.92 Å². The first-order valence-electron chi connectivity index (χ1n) is 8.86. The van der Waals surface area contributed by atoms with Crippen LogP contribution in [0.1, 0.15) is 30.3 Å². The van der Waals surface area contributed by atoms with Crippen molar-refractivity contribution in [2.75, 3.05) is 33.3 Å². The highest BCUT2D eigenvalue weighted by atomic mass is 16.5. The molecule has 0 spiro atoms. The summed E-state index contributed by atoms with van der Waals surface area (Å²) < 4.78 is 6.85. The van der Waals surface area contributed by atoms with Crippen LogP contribution in [0.3, 0.4) is 0 Å². The lowest BCUT2D eigenvalue weighted by Gasteiger charge is -2.30. The van der Waals surface area contributed by atoms with Gasteiger partial charge in [0.15, 0.2) is 5.69 Å². The number of hydrogen-bond acceptors (Lipinski definition) is 4. The summed E-state index contributed by atoms with van der Waals surface area (Å²) in [4.78, 5) is 14.7. The largest absolute Gasteiger partial charge is 0.497 e. The van der Waals surface area contributed by atoms with Crippen LogP contribution < -0.4 is 10.1 Å². The maximum atomic E-state index is 12.3. The second-order valence-corrected chi connectivity index (χ2v) is 6.65. The van der Waals surface area contributed by atoms with E-state index in [1.807, 2.05) is 24.3 Å².